The van der Waals surface area contributed by atoms with Crippen LogP contribution in [-0.4, -0.2) is 43.8 Å². The largest absolute Gasteiger partial charge is 0.493 e. The van der Waals surface area contributed by atoms with Crippen molar-refractivity contribution in [2.24, 2.45) is 0 Å². The molecule has 180 valence electrons. The third-order valence-corrected chi connectivity index (χ3v) is 6.96. The Morgan fingerprint density at radius 3 is 2.59 bits per heavy atom. The molecule has 0 unspecified atom stereocenters. The molecule has 8 heteroatoms. The summed E-state index contributed by atoms with van der Waals surface area (Å²) in [6.45, 7) is 8.54. The van der Waals surface area contributed by atoms with E-state index in [2.05, 4.69) is 53.1 Å². The van der Waals surface area contributed by atoms with E-state index in [1.54, 1.807) is 17.8 Å². The molecule has 4 aromatic rings. The second-order valence-electron chi connectivity index (χ2n) is 10.0. The Morgan fingerprint density at radius 1 is 1.15 bits per heavy atom. The number of aromatic nitrogens is 5. The molecule has 0 aromatic carbocycles. The van der Waals surface area contributed by atoms with Crippen LogP contribution in [0.2, 0.25) is 0 Å². The van der Waals surface area contributed by atoms with E-state index in [1.807, 2.05) is 12.3 Å². The summed E-state index contributed by atoms with van der Waals surface area (Å²) in [4.78, 5) is 12.3. The highest BCUT2D eigenvalue weighted by atomic mass is 19.1. The minimum Gasteiger partial charge on any atom is -0.493 e. The van der Waals surface area contributed by atoms with Crippen molar-refractivity contribution in [1.82, 2.24) is 29.9 Å². The molecule has 0 aliphatic heterocycles. The van der Waals surface area contributed by atoms with E-state index in [9.17, 15) is 0 Å². The maximum atomic E-state index is 16.1. The molecule has 1 aliphatic rings. The summed E-state index contributed by atoms with van der Waals surface area (Å²) in [5, 5.41) is 8.55. The molecule has 0 spiro atoms. The molecule has 1 aliphatic carbocycles. The highest BCUT2D eigenvalue weighted by molar-refractivity contribution is 5.92. The molecule has 0 saturated heterocycles. The van der Waals surface area contributed by atoms with Crippen LogP contribution in [0.15, 0.2) is 24.8 Å². The molecule has 2 N–H and O–H groups in total. The van der Waals surface area contributed by atoms with Crippen molar-refractivity contribution in [2.75, 3.05) is 7.11 Å². The van der Waals surface area contributed by atoms with Crippen LogP contribution in [0.1, 0.15) is 76.5 Å². The molecule has 0 atom stereocenters. The third kappa shape index (κ3) is 3.94. The Hall–Kier alpha value is -3.00. The number of ether oxygens (including phenoxy) is 1. The highest BCUT2D eigenvalue weighted by Gasteiger charge is 2.29. The lowest BCUT2D eigenvalue weighted by molar-refractivity contribution is 0.319. The molecular weight excluding hydrogens is 431 g/mol. The van der Waals surface area contributed by atoms with Crippen molar-refractivity contribution in [2.45, 2.75) is 77.3 Å². The molecule has 5 rings (SSSR count). The smallest absolute Gasteiger partial charge is 0.197 e. The van der Waals surface area contributed by atoms with E-state index in [4.69, 9.17) is 4.74 Å². The third-order valence-electron chi connectivity index (χ3n) is 6.96. The average Bonchev–Trinajstić information content (AvgIpc) is 3.44. The van der Waals surface area contributed by atoms with Gasteiger partial charge in [-0.25, -0.2) is 13.9 Å². The first-order valence-corrected chi connectivity index (χ1v) is 12.2. The molecule has 0 bridgehead atoms. The van der Waals surface area contributed by atoms with Gasteiger partial charge in [0.1, 0.15) is 6.33 Å². The molecule has 4 aromatic heterocycles. The number of fused-ring (bicyclic) bond motifs is 2. The van der Waals surface area contributed by atoms with E-state index in [-0.39, 0.29) is 17.7 Å². The number of pyridine rings is 2. The highest BCUT2D eigenvalue weighted by Crippen LogP contribution is 2.41. The van der Waals surface area contributed by atoms with Gasteiger partial charge in [-0.15, -0.1) is 0 Å². The van der Waals surface area contributed by atoms with Crippen LogP contribution in [0.25, 0.3) is 27.8 Å². The molecule has 4 heterocycles. The fourth-order valence-electron chi connectivity index (χ4n) is 5.46. The fraction of sp³-hybridized carbons (Fsp3) is 0.500. The standard InChI is InChI=1S/C26H33FN6O/c1-14(2)21-22-19(32-24(21)17-10-20(34-5)26-29-13-30-33(26)12-17)11-28-25(23(22)27)16-6-8-18(9-7-16)31-15(3)4/h10-16,18,31-32H,6-9H2,1-5H3. The van der Waals surface area contributed by atoms with Crippen molar-refractivity contribution < 1.29 is 9.13 Å². The van der Waals surface area contributed by atoms with Gasteiger partial charge in [0.25, 0.3) is 0 Å². The number of halogens is 1. The number of nitrogens with zero attached hydrogens (tertiary/aromatic N) is 4. The van der Waals surface area contributed by atoms with Gasteiger partial charge in [0, 0.05) is 35.1 Å². The molecule has 34 heavy (non-hydrogen) atoms. The summed E-state index contributed by atoms with van der Waals surface area (Å²) in [5.41, 5.74) is 4.65. The molecule has 1 saturated carbocycles. The Labute approximate surface area is 199 Å². The van der Waals surface area contributed by atoms with Gasteiger partial charge in [0.2, 0.25) is 0 Å². The van der Waals surface area contributed by atoms with Crippen LogP contribution < -0.4 is 10.1 Å². The fourth-order valence-corrected chi connectivity index (χ4v) is 5.46. The van der Waals surface area contributed by atoms with E-state index < -0.39 is 0 Å². The number of nitrogens with one attached hydrogen (secondary N) is 2. The summed E-state index contributed by atoms with van der Waals surface area (Å²) >= 11 is 0. The van der Waals surface area contributed by atoms with Gasteiger partial charge in [-0.3, -0.25) is 4.98 Å². The van der Waals surface area contributed by atoms with Gasteiger partial charge < -0.3 is 15.0 Å². The minimum absolute atomic E-state index is 0.108. The predicted octanol–water partition coefficient (Wildman–Crippen LogP) is 5.57. The first-order chi connectivity index (χ1) is 16.4. The van der Waals surface area contributed by atoms with Gasteiger partial charge >= 0.3 is 0 Å². The zero-order valence-corrected chi connectivity index (χ0v) is 20.5. The lowest BCUT2D eigenvalue weighted by Gasteiger charge is -2.30. The average molecular weight is 465 g/mol. The van der Waals surface area contributed by atoms with Crippen LogP contribution in [0.3, 0.4) is 0 Å². The zero-order chi connectivity index (χ0) is 24.0. The first kappa shape index (κ1) is 22.8. The SMILES string of the molecule is COc1cc(-c2[nH]c3cnc(C4CCC(NC(C)C)CC4)c(F)c3c2C(C)C)cn2ncnc12. The Morgan fingerprint density at radius 2 is 1.91 bits per heavy atom. The molecular formula is C26H33FN6O. The van der Waals surface area contributed by atoms with E-state index in [1.165, 1.54) is 6.33 Å². The lowest BCUT2D eigenvalue weighted by Crippen LogP contribution is -2.37. The number of hydrogen-bond acceptors (Lipinski definition) is 5. The maximum absolute atomic E-state index is 16.1. The van der Waals surface area contributed by atoms with Crippen LogP contribution in [0.4, 0.5) is 4.39 Å². The lowest BCUT2D eigenvalue weighted by atomic mass is 9.83. The monoisotopic (exact) mass is 464 g/mol. The topological polar surface area (TPSA) is 80.1 Å². The summed E-state index contributed by atoms with van der Waals surface area (Å²) < 4.78 is 23.3. The van der Waals surface area contributed by atoms with Crippen molar-refractivity contribution in [3.8, 4) is 17.0 Å². The zero-order valence-electron chi connectivity index (χ0n) is 20.5. The number of hydrogen-bond donors (Lipinski definition) is 2. The van der Waals surface area contributed by atoms with Gasteiger partial charge in [0.05, 0.1) is 30.2 Å². The Bertz CT molecular complexity index is 1320. The van der Waals surface area contributed by atoms with Crippen molar-refractivity contribution in [3.63, 3.8) is 0 Å². The second-order valence-corrected chi connectivity index (χ2v) is 10.0. The van der Waals surface area contributed by atoms with Crippen LogP contribution in [0.5, 0.6) is 5.75 Å². The second kappa shape index (κ2) is 8.98. The van der Waals surface area contributed by atoms with Crippen molar-refractivity contribution >= 4 is 16.6 Å². The summed E-state index contributed by atoms with van der Waals surface area (Å²) in [7, 11) is 1.61. The molecule has 0 radical (unpaired) electrons. The van der Waals surface area contributed by atoms with Crippen molar-refractivity contribution in [3.05, 3.63) is 41.9 Å². The summed E-state index contributed by atoms with van der Waals surface area (Å²) in [6.07, 6.45) is 9.20. The minimum atomic E-state index is -0.183. The van der Waals surface area contributed by atoms with Gasteiger partial charge in [0.15, 0.2) is 17.2 Å². The quantitative estimate of drug-likeness (QED) is 0.390. The number of H-pyrrole nitrogens is 1. The summed E-state index contributed by atoms with van der Waals surface area (Å²) in [5.74, 6) is 0.698. The van der Waals surface area contributed by atoms with Crippen LogP contribution in [0, 0.1) is 5.82 Å². The number of methoxy groups -OCH3 is 1. The van der Waals surface area contributed by atoms with Crippen molar-refractivity contribution in [1.29, 1.82) is 0 Å². The predicted molar refractivity (Wildman–Crippen MR) is 132 cm³/mol. The van der Waals surface area contributed by atoms with E-state index >= 15 is 4.39 Å². The van der Waals surface area contributed by atoms with E-state index in [0.717, 1.165) is 42.5 Å². The Balaban J connectivity index is 1.57. The molecule has 7 nitrogen and oxygen atoms in total. The Kier molecular flexibility index (Phi) is 6.02. The number of rotatable bonds is 6. The first-order valence-electron chi connectivity index (χ1n) is 12.2. The normalized spacial score (nSPS) is 19.1. The number of aromatic amines is 1. The van der Waals surface area contributed by atoms with Crippen LogP contribution in [-0.2, 0) is 0 Å². The van der Waals surface area contributed by atoms with Gasteiger partial charge in [-0.05, 0) is 43.2 Å². The maximum Gasteiger partial charge on any atom is 0.197 e. The van der Waals surface area contributed by atoms with Gasteiger partial charge in [-0.1, -0.05) is 27.7 Å². The van der Waals surface area contributed by atoms with E-state index in [0.29, 0.717) is 40.1 Å². The molecule has 0 amide bonds. The molecule has 1 fully saturated rings. The summed E-state index contributed by atoms with van der Waals surface area (Å²) in [6, 6.07) is 2.90. The van der Waals surface area contributed by atoms with Crippen LogP contribution >= 0.6 is 0 Å². The van der Waals surface area contributed by atoms with Gasteiger partial charge in [-0.2, -0.15) is 5.10 Å².